The zero-order chi connectivity index (χ0) is 30.0. The summed E-state index contributed by atoms with van der Waals surface area (Å²) < 4.78 is 2.14. The fourth-order valence-electron chi connectivity index (χ4n) is 5.59. The van der Waals surface area contributed by atoms with Crippen molar-refractivity contribution in [3.05, 3.63) is 70.6 Å². The number of rotatable bonds is 9. The number of anilines is 2. The van der Waals surface area contributed by atoms with Crippen molar-refractivity contribution in [2.24, 2.45) is 7.05 Å². The highest BCUT2D eigenvalue weighted by Crippen LogP contribution is 2.45. The first-order valence-electron chi connectivity index (χ1n) is 14.0. The van der Waals surface area contributed by atoms with E-state index in [9.17, 15) is 14.4 Å². The minimum absolute atomic E-state index is 0.345. The number of thiazole rings is 1. The Bertz CT molecular complexity index is 1680. The van der Waals surface area contributed by atoms with Crippen LogP contribution < -0.4 is 16.0 Å². The van der Waals surface area contributed by atoms with Gasteiger partial charge in [0.05, 0.1) is 5.69 Å². The van der Waals surface area contributed by atoms with Gasteiger partial charge >= 0.3 is 5.97 Å². The molecule has 4 aromatic rings. The van der Waals surface area contributed by atoms with Gasteiger partial charge in [0.1, 0.15) is 11.2 Å². The van der Waals surface area contributed by atoms with Gasteiger partial charge in [-0.3, -0.25) is 9.59 Å². The number of benzene rings is 2. The Hall–Kier alpha value is -4.44. The minimum atomic E-state index is -1.20. The molecule has 0 saturated heterocycles. The van der Waals surface area contributed by atoms with Crippen LogP contribution >= 0.6 is 11.3 Å². The fraction of sp³-hybridized carbons (Fsp3) is 0.312. The van der Waals surface area contributed by atoms with Crippen molar-refractivity contribution in [1.82, 2.24) is 14.9 Å². The molecular formula is C32H35N5O4S. The van der Waals surface area contributed by atoms with E-state index in [1.165, 1.54) is 24.5 Å². The smallest absolute Gasteiger partial charge is 0.328 e. The molecule has 1 aliphatic carbocycles. The molecule has 2 aromatic heterocycles. The second-order valence-corrected chi connectivity index (χ2v) is 12.0. The third-order valence-electron chi connectivity index (χ3n) is 7.81. The van der Waals surface area contributed by atoms with Crippen molar-refractivity contribution in [2.45, 2.75) is 51.0 Å². The van der Waals surface area contributed by atoms with Gasteiger partial charge in [0, 0.05) is 47.7 Å². The maximum atomic E-state index is 13.4. The molecule has 1 fully saturated rings. The zero-order valence-electron chi connectivity index (χ0n) is 24.2. The van der Waals surface area contributed by atoms with Crippen LogP contribution in [0.2, 0.25) is 0 Å². The molecule has 0 spiro atoms. The van der Waals surface area contributed by atoms with Crippen LogP contribution in [-0.4, -0.2) is 45.0 Å². The Balaban J connectivity index is 1.38. The summed E-state index contributed by atoms with van der Waals surface area (Å²) in [5.74, 6) is -1.30. The molecule has 0 aliphatic heterocycles. The lowest BCUT2D eigenvalue weighted by atomic mass is 9.93. The molecule has 0 radical (unpaired) electrons. The number of carbonyl (C=O) groups excluding carboxylic acids is 2. The van der Waals surface area contributed by atoms with Gasteiger partial charge in [-0.25, -0.2) is 9.78 Å². The van der Waals surface area contributed by atoms with E-state index < -0.39 is 11.5 Å². The summed E-state index contributed by atoms with van der Waals surface area (Å²) in [7, 11) is 3.89. The quantitative estimate of drug-likeness (QED) is 0.172. The number of carboxylic acid groups (broad SMARTS) is 1. The van der Waals surface area contributed by atoms with Crippen LogP contribution in [0.3, 0.4) is 0 Å². The first kappa shape index (κ1) is 29.1. The van der Waals surface area contributed by atoms with Crippen LogP contribution in [0.15, 0.2) is 53.9 Å². The van der Waals surface area contributed by atoms with E-state index in [0.717, 1.165) is 46.3 Å². The van der Waals surface area contributed by atoms with E-state index in [1.54, 1.807) is 49.4 Å². The largest absolute Gasteiger partial charge is 0.478 e. The van der Waals surface area contributed by atoms with Crippen LogP contribution in [0.25, 0.3) is 28.4 Å². The first-order valence-corrected chi connectivity index (χ1v) is 14.9. The van der Waals surface area contributed by atoms with Crippen LogP contribution in [0.4, 0.5) is 10.8 Å². The van der Waals surface area contributed by atoms with Gasteiger partial charge in [0.2, 0.25) is 5.91 Å². The van der Waals surface area contributed by atoms with E-state index in [2.05, 4.69) is 25.9 Å². The normalized spacial score (nSPS) is 14.0. The Morgan fingerprint density at radius 1 is 1.10 bits per heavy atom. The number of amides is 2. The fourth-order valence-corrected chi connectivity index (χ4v) is 6.24. The molecule has 9 nitrogen and oxygen atoms in total. The predicted molar refractivity (Wildman–Crippen MR) is 168 cm³/mol. The third kappa shape index (κ3) is 5.94. The molecular weight excluding hydrogens is 550 g/mol. The summed E-state index contributed by atoms with van der Waals surface area (Å²) in [4.78, 5) is 42.1. The molecule has 2 heterocycles. The van der Waals surface area contributed by atoms with E-state index in [1.807, 2.05) is 32.3 Å². The maximum absolute atomic E-state index is 13.4. The molecule has 0 atom stereocenters. The van der Waals surface area contributed by atoms with Crippen molar-refractivity contribution in [1.29, 1.82) is 0 Å². The molecule has 1 saturated carbocycles. The Labute approximate surface area is 248 Å². The minimum Gasteiger partial charge on any atom is -0.478 e. The molecule has 0 bridgehead atoms. The van der Waals surface area contributed by atoms with E-state index in [0.29, 0.717) is 22.7 Å². The van der Waals surface area contributed by atoms with Gasteiger partial charge < -0.3 is 25.6 Å². The third-order valence-corrected chi connectivity index (χ3v) is 8.67. The highest BCUT2D eigenvalue weighted by atomic mass is 32.1. The summed E-state index contributed by atoms with van der Waals surface area (Å²) in [5, 5.41) is 21.7. The molecule has 42 heavy (non-hydrogen) atoms. The van der Waals surface area contributed by atoms with Crippen LogP contribution in [0.5, 0.6) is 0 Å². The van der Waals surface area contributed by atoms with Crippen molar-refractivity contribution < 1.29 is 19.5 Å². The molecule has 4 N–H and O–H groups in total. The molecule has 1 aliphatic rings. The monoisotopic (exact) mass is 585 g/mol. The lowest BCUT2D eigenvalue weighted by molar-refractivity contribution is -0.131. The molecule has 2 aromatic carbocycles. The van der Waals surface area contributed by atoms with E-state index in [4.69, 9.17) is 10.1 Å². The standard InChI is InChI=1S/C32H35N5O4S/c1-32(2,30(41)34-22-13-9-19(10-14-22)11-16-26(38)39)36-29(40)21-12-15-23-25(17-21)37(4)28(24-18-42-31(33-3)35-24)27(23)20-7-5-6-8-20/h9-18,20H,5-8H2,1-4H3,(H,33,35)(H,34,41)(H,36,40)(H,38,39)/b16-11+. The van der Waals surface area contributed by atoms with E-state index in [-0.39, 0.29) is 11.8 Å². The number of nitrogens with zero attached hydrogens (tertiary/aromatic N) is 2. The first-order chi connectivity index (χ1) is 20.1. The summed E-state index contributed by atoms with van der Waals surface area (Å²) >= 11 is 1.57. The van der Waals surface area contributed by atoms with Crippen molar-refractivity contribution in [3.8, 4) is 11.4 Å². The second kappa shape index (κ2) is 11.8. The van der Waals surface area contributed by atoms with Crippen LogP contribution in [0.1, 0.15) is 66.9 Å². The molecule has 0 unspecified atom stereocenters. The zero-order valence-corrected chi connectivity index (χ0v) is 25.0. The number of nitrogens with one attached hydrogen (secondary N) is 3. The van der Waals surface area contributed by atoms with Gasteiger partial charge in [0.15, 0.2) is 5.13 Å². The van der Waals surface area contributed by atoms with Gasteiger partial charge in [-0.1, -0.05) is 31.0 Å². The van der Waals surface area contributed by atoms with Gasteiger partial charge in [-0.2, -0.15) is 0 Å². The number of carboxylic acids is 1. The average Bonchev–Trinajstić information content (AvgIpc) is 3.72. The number of aryl methyl sites for hydroxylation is 1. The summed E-state index contributed by atoms with van der Waals surface area (Å²) in [6.07, 6.45) is 7.22. The van der Waals surface area contributed by atoms with E-state index >= 15 is 0 Å². The number of hydrogen-bond donors (Lipinski definition) is 4. The SMILES string of the molecule is CNc1nc(-c2c(C3CCCC3)c3ccc(C(=O)NC(C)(C)C(=O)Nc4ccc(/C=C/C(=O)O)cc4)cc3n2C)cs1. The van der Waals surface area contributed by atoms with Gasteiger partial charge in [-0.15, -0.1) is 11.3 Å². The van der Waals surface area contributed by atoms with Gasteiger partial charge in [0.25, 0.3) is 5.91 Å². The van der Waals surface area contributed by atoms with Crippen molar-refractivity contribution >= 4 is 56.9 Å². The highest BCUT2D eigenvalue weighted by Gasteiger charge is 2.31. The molecule has 2 amide bonds. The number of carbonyl (C=O) groups is 3. The lowest BCUT2D eigenvalue weighted by Crippen LogP contribution is -2.52. The average molecular weight is 586 g/mol. The topological polar surface area (TPSA) is 125 Å². The van der Waals surface area contributed by atoms with Crippen LogP contribution in [-0.2, 0) is 16.6 Å². The number of aliphatic carboxylic acids is 1. The highest BCUT2D eigenvalue weighted by molar-refractivity contribution is 7.14. The lowest BCUT2D eigenvalue weighted by Gasteiger charge is -2.25. The summed E-state index contributed by atoms with van der Waals surface area (Å²) in [6, 6.07) is 12.5. The summed E-state index contributed by atoms with van der Waals surface area (Å²) in [6.45, 7) is 3.31. The molecule has 218 valence electrons. The van der Waals surface area contributed by atoms with Crippen molar-refractivity contribution in [2.75, 3.05) is 17.7 Å². The Morgan fingerprint density at radius 2 is 1.81 bits per heavy atom. The molecule has 10 heteroatoms. The van der Waals surface area contributed by atoms with Crippen molar-refractivity contribution in [3.63, 3.8) is 0 Å². The Kier molecular flexibility index (Phi) is 8.17. The second-order valence-electron chi connectivity index (χ2n) is 11.1. The summed E-state index contributed by atoms with van der Waals surface area (Å²) in [5.41, 5.74) is 4.78. The molecule has 5 rings (SSSR count). The number of fused-ring (bicyclic) bond motifs is 1. The van der Waals surface area contributed by atoms with Crippen LogP contribution in [0, 0.1) is 0 Å². The predicted octanol–water partition coefficient (Wildman–Crippen LogP) is 6.25. The number of aromatic nitrogens is 2. The number of hydrogen-bond acceptors (Lipinski definition) is 6. The maximum Gasteiger partial charge on any atom is 0.328 e. The van der Waals surface area contributed by atoms with Gasteiger partial charge in [-0.05, 0) is 74.1 Å². The Morgan fingerprint density at radius 3 is 2.45 bits per heavy atom.